The zero-order chi connectivity index (χ0) is 25.1. The molecule has 1 saturated heterocycles. The molecule has 8 heteroatoms. The van der Waals surface area contributed by atoms with Gasteiger partial charge in [0.15, 0.2) is 5.11 Å². The molecule has 1 aliphatic rings. The highest BCUT2D eigenvalue weighted by molar-refractivity contribution is 7.80. The number of aromatic nitrogens is 3. The van der Waals surface area contributed by atoms with Crippen LogP contribution in [-0.4, -0.2) is 37.0 Å². The van der Waals surface area contributed by atoms with Gasteiger partial charge in [0, 0.05) is 42.4 Å². The Hall–Kier alpha value is -4.04. The topological polar surface area (TPSA) is 75.1 Å². The van der Waals surface area contributed by atoms with Gasteiger partial charge in [0.25, 0.3) is 0 Å². The van der Waals surface area contributed by atoms with Crippen molar-refractivity contribution in [2.24, 2.45) is 0 Å². The van der Waals surface area contributed by atoms with E-state index in [0.717, 1.165) is 34.0 Å². The molecule has 1 fully saturated rings. The lowest BCUT2D eigenvalue weighted by molar-refractivity contribution is -0.116. The van der Waals surface area contributed by atoms with Crippen LogP contribution in [0.1, 0.15) is 41.1 Å². The second kappa shape index (κ2) is 10.3. The van der Waals surface area contributed by atoms with Crippen molar-refractivity contribution in [1.82, 2.24) is 24.8 Å². The van der Waals surface area contributed by atoms with Gasteiger partial charge in [-0.2, -0.15) is 0 Å². The number of nitrogens with one attached hydrogen (secondary N) is 2. The van der Waals surface area contributed by atoms with Gasteiger partial charge in [-0.25, -0.2) is 0 Å². The van der Waals surface area contributed by atoms with E-state index in [4.69, 9.17) is 12.2 Å². The van der Waals surface area contributed by atoms with Crippen LogP contribution in [0.15, 0.2) is 85.3 Å². The quantitative estimate of drug-likeness (QED) is 0.355. The van der Waals surface area contributed by atoms with Crippen molar-refractivity contribution >= 4 is 28.9 Å². The molecule has 0 radical (unpaired) electrons. The van der Waals surface area contributed by atoms with Crippen LogP contribution in [0.5, 0.6) is 0 Å². The SMILES string of the molecule is Cc1cc(C2C(c3ccccn3)NC(=S)N2CCC(=O)Nc2ccccc2)c(C)n1-c1cccnc1. The molecule has 0 spiro atoms. The van der Waals surface area contributed by atoms with E-state index >= 15 is 0 Å². The summed E-state index contributed by atoms with van der Waals surface area (Å²) in [6, 6.07) is 21.3. The maximum atomic E-state index is 12.8. The molecule has 3 aromatic heterocycles. The van der Waals surface area contributed by atoms with Crippen LogP contribution >= 0.6 is 12.2 Å². The summed E-state index contributed by atoms with van der Waals surface area (Å²) in [5, 5.41) is 7.07. The predicted octanol–water partition coefficient (Wildman–Crippen LogP) is 4.89. The minimum absolute atomic E-state index is 0.0510. The number of anilines is 1. The van der Waals surface area contributed by atoms with Crippen molar-refractivity contribution < 1.29 is 4.79 Å². The molecule has 1 amide bonds. The predicted molar refractivity (Wildman–Crippen MR) is 145 cm³/mol. The van der Waals surface area contributed by atoms with E-state index in [2.05, 4.69) is 56.0 Å². The van der Waals surface area contributed by atoms with Gasteiger partial charge in [0.1, 0.15) is 0 Å². The number of benzene rings is 1. The lowest BCUT2D eigenvalue weighted by Gasteiger charge is -2.28. The van der Waals surface area contributed by atoms with Crippen LogP contribution in [0, 0.1) is 13.8 Å². The highest BCUT2D eigenvalue weighted by atomic mass is 32.1. The summed E-state index contributed by atoms with van der Waals surface area (Å²) in [7, 11) is 0. The van der Waals surface area contributed by atoms with Crippen molar-refractivity contribution in [2.45, 2.75) is 32.4 Å². The molecule has 0 aliphatic carbocycles. The van der Waals surface area contributed by atoms with Gasteiger partial charge in [-0.05, 0) is 74.1 Å². The van der Waals surface area contributed by atoms with Crippen molar-refractivity contribution in [3.8, 4) is 5.69 Å². The van der Waals surface area contributed by atoms with E-state index in [1.54, 1.807) is 12.4 Å². The third kappa shape index (κ3) is 4.72. The number of hydrogen-bond acceptors (Lipinski definition) is 4. The van der Waals surface area contributed by atoms with Crippen LogP contribution in [-0.2, 0) is 4.79 Å². The van der Waals surface area contributed by atoms with Crippen LogP contribution in [0.2, 0.25) is 0 Å². The number of nitrogens with zero attached hydrogens (tertiary/aromatic N) is 4. The fourth-order valence-corrected chi connectivity index (χ4v) is 5.25. The zero-order valence-electron chi connectivity index (χ0n) is 20.3. The Morgan fingerprint density at radius 2 is 1.86 bits per heavy atom. The highest BCUT2D eigenvalue weighted by Crippen LogP contribution is 2.41. The molecular formula is C28H28N6OS. The average Bonchev–Trinajstić information content (AvgIpc) is 3.38. The van der Waals surface area contributed by atoms with E-state index in [1.165, 1.54) is 0 Å². The number of amides is 1. The lowest BCUT2D eigenvalue weighted by atomic mass is 9.96. The van der Waals surface area contributed by atoms with E-state index in [-0.39, 0.29) is 18.0 Å². The summed E-state index contributed by atoms with van der Waals surface area (Å²) in [5.41, 5.74) is 6.06. The van der Waals surface area contributed by atoms with Crippen molar-refractivity contribution in [2.75, 3.05) is 11.9 Å². The minimum atomic E-state index is -0.140. The maximum absolute atomic E-state index is 12.8. The van der Waals surface area contributed by atoms with Gasteiger partial charge in [-0.3, -0.25) is 14.8 Å². The van der Waals surface area contributed by atoms with Gasteiger partial charge >= 0.3 is 0 Å². The Labute approximate surface area is 216 Å². The number of pyridine rings is 2. The summed E-state index contributed by atoms with van der Waals surface area (Å²) in [4.78, 5) is 23.8. The Bertz CT molecular complexity index is 1360. The van der Waals surface area contributed by atoms with Gasteiger partial charge in [-0.15, -0.1) is 0 Å². The number of para-hydroxylation sites is 1. The number of carbonyl (C=O) groups is 1. The Balaban J connectivity index is 1.47. The third-order valence-electron chi connectivity index (χ3n) is 6.53. The summed E-state index contributed by atoms with van der Waals surface area (Å²) >= 11 is 5.79. The molecule has 0 saturated carbocycles. The summed E-state index contributed by atoms with van der Waals surface area (Å²) < 4.78 is 2.21. The molecule has 2 atom stereocenters. The van der Waals surface area contributed by atoms with E-state index < -0.39 is 0 Å². The molecule has 1 aliphatic heterocycles. The Kier molecular flexibility index (Phi) is 6.77. The molecule has 5 rings (SSSR count). The molecule has 7 nitrogen and oxygen atoms in total. The normalized spacial score (nSPS) is 17.2. The number of hydrogen-bond donors (Lipinski definition) is 2. The first-order chi connectivity index (χ1) is 17.5. The van der Waals surface area contributed by atoms with Crippen molar-refractivity contribution in [1.29, 1.82) is 0 Å². The number of thiocarbonyl (C=S) groups is 1. The van der Waals surface area contributed by atoms with E-state index in [1.807, 2.05) is 60.8 Å². The standard InChI is InChI=1S/C28H28N6OS/c1-19-17-23(20(2)34(19)22-11-8-14-29-18-22)27-26(24-12-6-7-15-30-24)32-28(36)33(27)16-13-25(35)31-21-9-4-3-5-10-21/h3-12,14-15,17-18,26-27H,13,16H2,1-2H3,(H,31,35)(H,32,36). The van der Waals surface area contributed by atoms with Gasteiger partial charge in [0.05, 0.1) is 29.7 Å². The largest absolute Gasteiger partial charge is 0.352 e. The van der Waals surface area contributed by atoms with Crippen LogP contribution < -0.4 is 10.6 Å². The van der Waals surface area contributed by atoms with E-state index in [9.17, 15) is 4.79 Å². The fraction of sp³-hybridized carbons (Fsp3) is 0.214. The van der Waals surface area contributed by atoms with E-state index in [0.29, 0.717) is 18.1 Å². The molecule has 0 bridgehead atoms. The monoisotopic (exact) mass is 496 g/mol. The molecular weight excluding hydrogens is 468 g/mol. The summed E-state index contributed by atoms with van der Waals surface area (Å²) in [6.45, 7) is 4.69. The molecule has 4 heterocycles. The third-order valence-corrected chi connectivity index (χ3v) is 6.88. The second-order valence-electron chi connectivity index (χ2n) is 8.86. The van der Waals surface area contributed by atoms with Crippen LogP contribution in [0.4, 0.5) is 5.69 Å². The molecule has 2 unspecified atom stereocenters. The average molecular weight is 497 g/mol. The lowest BCUT2D eigenvalue weighted by Crippen LogP contribution is -2.32. The zero-order valence-corrected chi connectivity index (χ0v) is 21.1. The van der Waals surface area contributed by atoms with Crippen molar-refractivity contribution in [3.63, 3.8) is 0 Å². The Morgan fingerprint density at radius 3 is 2.58 bits per heavy atom. The summed E-state index contributed by atoms with van der Waals surface area (Å²) in [5.74, 6) is -0.0510. The van der Waals surface area contributed by atoms with Gasteiger partial charge in [-0.1, -0.05) is 24.3 Å². The molecule has 4 aromatic rings. The first-order valence-corrected chi connectivity index (χ1v) is 12.4. The first-order valence-electron chi connectivity index (χ1n) is 11.9. The number of aryl methyl sites for hydroxylation is 1. The van der Waals surface area contributed by atoms with Crippen LogP contribution in [0.25, 0.3) is 5.69 Å². The Morgan fingerprint density at radius 1 is 1.06 bits per heavy atom. The van der Waals surface area contributed by atoms with Crippen LogP contribution in [0.3, 0.4) is 0 Å². The van der Waals surface area contributed by atoms with Gasteiger partial charge < -0.3 is 20.1 Å². The highest BCUT2D eigenvalue weighted by Gasteiger charge is 2.41. The molecule has 2 N–H and O–H groups in total. The number of carbonyl (C=O) groups excluding carboxylic acids is 1. The van der Waals surface area contributed by atoms with Crippen molar-refractivity contribution in [3.05, 3.63) is 108 Å². The second-order valence-corrected chi connectivity index (χ2v) is 9.24. The molecule has 1 aromatic carbocycles. The molecule has 182 valence electrons. The number of rotatable bonds is 7. The first kappa shape index (κ1) is 23.7. The molecule has 36 heavy (non-hydrogen) atoms. The fourth-order valence-electron chi connectivity index (χ4n) is 4.92. The minimum Gasteiger partial charge on any atom is -0.352 e. The van der Waals surface area contributed by atoms with Gasteiger partial charge in [0.2, 0.25) is 5.91 Å². The summed E-state index contributed by atoms with van der Waals surface area (Å²) in [6.07, 6.45) is 5.75. The maximum Gasteiger partial charge on any atom is 0.226 e. The smallest absolute Gasteiger partial charge is 0.226 e.